The van der Waals surface area contributed by atoms with Crippen LogP contribution in [0.4, 0.5) is 0 Å². The van der Waals surface area contributed by atoms with E-state index in [-0.39, 0.29) is 0 Å². The van der Waals surface area contributed by atoms with E-state index in [1.54, 1.807) is 0 Å². The van der Waals surface area contributed by atoms with Crippen molar-refractivity contribution in [3.63, 3.8) is 0 Å². The summed E-state index contributed by atoms with van der Waals surface area (Å²) in [7, 11) is 0. The monoisotopic (exact) mass is 516 g/mol. The fourth-order valence-electron chi connectivity index (χ4n) is 5.82. The molecular formula is C36H28N4. The van der Waals surface area contributed by atoms with Crippen LogP contribution in [-0.4, -0.2) is 19.1 Å². The van der Waals surface area contributed by atoms with Crippen LogP contribution < -0.4 is 0 Å². The molecule has 0 aliphatic rings. The predicted octanol–water partition coefficient (Wildman–Crippen LogP) is 9.36. The highest BCUT2D eigenvalue weighted by Crippen LogP contribution is 2.37. The van der Waals surface area contributed by atoms with Crippen molar-refractivity contribution >= 4 is 43.6 Å². The maximum absolute atomic E-state index is 4.45. The Hall–Kier alpha value is -5.22. The van der Waals surface area contributed by atoms with E-state index < -0.39 is 0 Å². The van der Waals surface area contributed by atoms with Gasteiger partial charge in [-0.05, 0) is 65.7 Å². The molecule has 4 nitrogen and oxygen atoms in total. The van der Waals surface area contributed by atoms with Gasteiger partial charge in [0.15, 0.2) is 0 Å². The lowest BCUT2D eigenvalue weighted by atomic mass is 10.0. The molecule has 0 saturated heterocycles. The van der Waals surface area contributed by atoms with Gasteiger partial charge in [-0.3, -0.25) is 9.97 Å². The molecule has 40 heavy (non-hydrogen) atoms. The first-order chi connectivity index (χ1) is 19.9. The molecule has 0 unspecified atom stereocenters. The molecule has 0 spiro atoms. The van der Waals surface area contributed by atoms with Gasteiger partial charge in [-0.15, -0.1) is 0 Å². The van der Waals surface area contributed by atoms with Crippen LogP contribution in [0.15, 0.2) is 134 Å². The molecule has 8 rings (SSSR count). The molecule has 0 aliphatic carbocycles. The van der Waals surface area contributed by atoms with E-state index in [0.29, 0.717) is 0 Å². The molecule has 0 N–H and O–H groups in total. The summed E-state index contributed by atoms with van der Waals surface area (Å²) >= 11 is 0. The molecule has 0 radical (unpaired) electrons. The molecule has 0 amide bonds. The highest BCUT2D eigenvalue weighted by molar-refractivity contribution is 6.12. The van der Waals surface area contributed by atoms with E-state index in [1.165, 1.54) is 38.3 Å². The lowest BCUT2D eigenvalue weighted by Crippen LogP contribution is -1.94. The first kappa shape index (κ1) is 23.9. The Kier molecular flexibility index (Phi) is 5.86. The van der Waals surface area contributed by atoms with Crippen LogP contribution in [0, 0.1) is 0 Å². The third-order valence-corrected chi connectivity index (χ3v) is 7.49. The normalized spacial score (nSPS) is 11.2. The van der Waals surface area contributed by atoms with Gasteiger partial charge in [-0.1, -0.05) is 68.4 Å². The van der Waals surface area contributed by atoms with E-state index in [0.717, 1.165) is 27.8 Å². The largest absolute Gasteiger partial charge is 0.309 e. The van der Waals surface area contributed by atoms with Gasteiger partial charge in [-0.2, -0.15) is 0 Å². The predicted molar refractivity (Wildman–Crippen MR) is 167 cm³/mol. The number of nitrogens with zero attached hydrogens (tertiary/aromatic N) is 4. The Morgan fingerprint density at radius 2 is 1.07 bits per heavy atom. The Labute approximate surface area is 232 Å². The molecule has 4 aromatic carbocycles. The number of aromatic nitrogens is 4. The zero-order valence-corrected chi connectivity index (χ0v) is 22.5. The van der Waals surface area contributed by atoms with Crippen molar-refractivity contribution in [3.8, 4) is 22.5 Å². The van der Waals surface area contributed by atoms with Gasteiger partial charge in [0.25, 0.3) is 0 Å². The lowest BCUT2D eigenvalue weighted by molar-refractivity contribution is 1.14. The van der Waals surface area contributed by atoms with Gasteiger partial charge in [0.2, 0.25) is 0 Å². The summed E-state index contributed by atoms with van der Waals surface area (Å²) in [6, 6.07) is 38.9. The molecular weight excluding hydrogens is 488 g/mol. The van der Waals surface area contributed by atoms with E-state index in [1.807, 2.05) is 44.7 Å². The van der Waals surface area contributed by atoms with E-state index in [9.17, 15) is 0 Å². The first-order valence-electron chi connectivity index (χ1n) is 13.7. The van der Waals surface area contributed by atoms with Crippen LogP contribution >= 0.6 is 0 Å². The van der Waals surface area contributed by atoms with Crippen molar-refractivity contribution in [2.45, 2.75) is 13.8 Å². The van der Waals surface area contributed by atoms with Gasteiger partial charge in [0.05, 0.1) is 34.0 Å². The van der Waals surface area contributed by atoms with Crippen LogP contribution in [-0.2, 0) is 0 Å². The van der Waals surface area contributed by atoms with Crippen LogP contribution in [0.25, 0.3) is 66.1 Å². The summed E-state index contributed by atoms with van der Waals surface area (Å²) < 4.78 is 4.63. The Morgan fingerprint density at radius 1 is 0.425 bits per heavy atom. The summed E-state index contributed by atoms with van der Waals surface area (Å²) in [4.78, 5) is 8.81. The van der Waals surface area contributed by atoms with Crippen molar-refractivity contribution in [3.05, 3.63) is 134 Å². The van der Waals surface area contributed by atoms with Crippen LogP contribution in [0.5, 0.6) is 0 Å². The summed E-state index contributed by atoms with van der Waals surface area (Å²) in [5.74, 6) is 0. The second-order valence-electron chi connectivity index (χ2n) is 9.59. The van der Waals surface area contributed by atoms with Crippen LogP contribution in [0.1, 0.15) is 13.8 Å². The fourth-order valence-corrected chi connectivity index (χ4v) is 5.82. The van der Waals surface area contributed by atoms with Crippen molar-refractivity contribution < 1.29 is 0 Å². The van der Waals surface area contributed by atoms with Gasteiger partial charge in [-0.25, -0.2) is 0 Å². The van der Waals surface area contributed by atoms with Crippen molar-refractivity contribution in [1.29, 1.82) is 0 Å². The minimum absolute atomic E-state index is 1.04. The molecule has 4 heterocycles. The molecule has 0 fully saturated rings. The third kappa shape index (κ3) is 3.69. The molecule has 0 atom stereocenters. The summed E-state index contributed by atoms with van der Waals surface area (Å²) in [6.07, 6.45) is 7.53. The Morgan fingerprint density at radius 3 is 1.93 bits per heavy atom. The van der Waals surface area contributed by atoms with Crippen molar-refractivity contribution in [2.75, 3.05) is 0 Å². The second kappa shape index (κ2) is 9.83. The maximum Gasteiger partial charge on any atom is 0.0645 e. The average Bonchev–Trinajstić information content (AvgIpc) is 3.55. The topological polar surface area (TPSA) is 35.6 Å². The van der Waals surface area contributed by atoms with Crippen molar-refractivity contribution in [2.24, 2.45) is 0 Å². The number of hydrogen-bond donors (Lipinski definition) is 0. The highest BCUT2D eigenvalue weighted by Gasteiger charge is 2.16. The number of rotatable bonds is 3. The van der Waals surface area contributed by atoms with Crippen molar-refractivity contribution in [1.82, 2.24) is 19.1 Å². The first-order valence-corrected chi connectivity index (χ1v) is 13.7. The smallest absolute Gasteiger partial charge is 0.0645 e. The zero-order chi connectivity index (χ0) is 27.1. The molecule has 4 heteroatoms. The molecule has 8 aromatic rings. The lowest BCUT2D eigenvalue weighted by Gasteiger charge is -2.09. The van der Waals surface area contributed by atoms with Gasteiger partial charge in [0.1, 0.15) is 0 Å². The number of pyridine rings is 2. The number of benzene rings is 4. The van der Waals surface area contributed by atoms with Crippen LogP contribution in [0.2, 0.25) is 0 Å². The van der Waals surface area contributed by atoms with Crippen LogP contribution in [0.3, 0.4) is 0 Å². The minimum Gasteiger partial charge on any atom is -0.309 e. The molecule has 0 bridgehead atoms. The summed E-state index contributed by atoms with van der Waals surface area (Å²) in [5.41, 5.74) is 9.26. The van der Waals surface area contributed by atoms with E-state index >= 15 is 0 Å². The maximum atomic E-state index is 4.45. The summed E-state index contributed by atoms with van der Waals surface area (Å²) in [5, 5.41) is 4.83. The number of fused-ring (bicyclic) bond motifs is 6. The second-order valence-corrected chi connectivity index (χ2v) is 9.59. The zero-order valence-electron chi connectivity index (χ0n) is 22.5. The molecule has 0 saturated carbocycles. The minimum atomic E-state index is 1.04. The SMILES string of the molecule is CC.c1ccc(-n2c3ccccc3c3ccc(-c4ccc5c(c4)c4cnccc4n5-c4cccnc4)cc32)cc1. The fraction of sp³-hybridized carbons (Fsp3) is 0.0556. The van der Waals surface area contributed by atoms with Gasteiger partial charge in [0, 0.05) is 45.8 Å². The molecule has 0 aliphatic heterocycles. The molecule has 4 aromatic heterocycles. The quantitative estimate of drug-likeness (QED) is 0.234. The Bertz CT molecular complexity index is 2120. The van der Waals surface area contributed by atoms with Gasteiger partial charge >= 0.3 is 0 Å². The highest BCUT2D eigenvalue weighted by atomic mass is 15.0. The Balaban J connectivity index is 0.00000130. The van der Waals surface area contributed by atoms with Gasteiger partial charge < -0.3 is 9.13 Å². The van der Waals surface area contributed by atoms with E-state index in [4.69, 9.17) is 0 Å². The number of para-hydroxylation sites is 2. The summed E-state index contributed by atoms with van der Waals surface area (Å²) in [6.45, 7) is 4.00. The standard InChI is InChI=1S/C34H22N4.C2H6/c1-2-7-25(8-3-1)37-31-11-5-4-10-27(31)28-14-12-24(20-34(28)37)23-13-15-32-29(19-23)30-22-36-18-16-33(30)38(32)26-9-6-17-35-21-26;1-2/h1-22H;1-2H3. The molecule has 192 valence electrons. The van der Waals surface area contributed by atoms with E-state index in [2.05, 4.69) is 122 Å². The number of hydrogen-bond acceptors (Lipinski definition) is 2. The average molecular weight is 517 g/mol. The third-order valence-electron chi connectivity index (χ3n) is 7.49.